The number of imidazole rings is 1. The molecule has 1 aliphatic rings. The predicted octanol–water partition coefficient (Wildman–Crippen LogP) is 2.20. The number of benzene rings is 1. The molecule has 0 fully saturated rings. The summed E-state index contributed by atoms with van der Waals surface area (Å²) in [4.78, 5) is 15.8. The SMILES string of the molecule is CC(=O)c1ccccc1C1=Nn2cnc(C)c2C1. The van der Waals surface area contributed by atoms with Crippen molar-refractivity contribution in [3.63, 3.8) is 0 Å². The van der Waals surface area contributed by atoms with Crippen molar-refractivity contribution >= 4 is 11.5 Å². The van der Waals surface area contributed by atoms with Crippen molar-refractivity contribution in [2.45, 2.75) is 20.3 Å². The highest BCUT2D eigenvalue weighted by atomic mass is 16.1. The minimum atomic E-state index is 0.0692. The van der Waals surface area contributed by atoms with E-state index in [2.05, 4.69) is 10.1 Å². The number of carbonyl (C=O) groups excluding carboxylic acids is 1. The Morgan fingerprint density at radius 1 is 1.33 bits per heavy atom. The van der Waals surface area contributed by atoms with Crippen LogP contribution in [0.5, 0.6) is 0 Å². The van der Waals surface area contributed by atoms with Gasteiger partial charge >= 0.3 is 0 Å². The Hall–Kier alpha value is -2.23. The van der Waals surface area contributed by atoms with Crippen molar-refractivity contribution in [2.75, 3.05) is 0 Å². The van der Waals surface area contributed by atoms with E-state index in [-0.39, 0.29) is 5.78 Å². The molecule has 3 rings (SSSR count). The number of hydrogen-bond acceptors (Lipinski definition) is 3. The van der Waals surface area contributed by atoms with Crippen LogP contribution in [0, 0.1) is 6.92 Å². The van der Waals surface area contributed by atoms with Gasteiger partial charge in [-0.15, -0.1) is 0 Å². The first-order valence-electron chi connectivity index (χ1n) is 5.88. The third-order valence-electron chi connectivity index (χ3n) is 3.24. The molecule has 0 aliphatic carbocycles. The lowest BCUT2D eigenvalue weighted by Crippen LogP contribution is -2.08. The molecular formula is C14H13N3O. The number of aromatic nitrogens is 2. The smallest absolute Gasteiger partial charge is 0.160 e. The molecule has 0 atom stereocenters. The zero-order chi connectivity index (χ0) is 12.7. The summed E-state index contributed by atoms with van der Waals surface area (Å²) in [6, 6.07) is 7.61. The lowest BCUT2D eigenvalue weighted by Gasteiger charge is -2.05. The summed E-state index contributed by atoms with van der Waals surface area (Å²) >= 11 is 0. The third kappa shape index (κ3) is 1.57. The summed E-state index contributed by atoms with van der Waals surface area (Å²) in [6.45, 7) is 3.56. The minimum absolute atomic E-state index is 0.0692. The molecule has 0 unspecified atom stereocenters. The van der Waals surface area contributed by atoms with Gasteiger partial charge in [0.05, 0.1) is 17.1 Å². The monoisotopic (exact) mass is 239 g/mol. The van der Waals surface area contributed by atoms with E-state index in [1.165, 1.54) is 0 Å². The van der Waals surface area contributed by atoms with Crippen LogP contribution in [0.3, 0.4) is 0 Å². The van der Waals surface area contributed by atoms with E-state index in [1.807, 2.05) is 31.2 Å². The van der Waals surface area contributed by atoms with Gasteiger partial charge in [-0.1, -0.05) is 24.3 Å². The molecule has 0 N–H and O–H groups in total. The molecule has 0 saturated heterocycles. The van der Waals surface area contributed by atoms with Gasteiger partial charge in [0.15, 0.2) is 5.78 Å². The van der Waals surface area contributed by atoms with Crippen LogP contribution in [-0.4, -0.2) is 21.2 Å². The van der Waals surface area contributed by atoms with Crippen LogP contribution >= 0.6 is 0 Å². The number of Topliss-reactive ketones (excluding diaryl/α,β-unsaturated/α-hetero) is 1. The molecule has 2 heterocycles. The van der Waals surface area contributed by atoms with E-state index in [9.17, 15) is 4.79 Å². The molecule has 0 bridgehead atoms. The van der Waals surface area contributed by atoms with Gasteiger partial charge in [-0.25, -0.2) is 9.66 Å². The third-order valence-corrected chi connectivity index (χ3v) is 3.24. The summed E-state index contributed by atoms with van der Waals surface area (Å²) < 4.78 is 1.79. The van der Waals surface area contributed by atoms with E-state index < -0.39 is 0 Å². The molecule has 4 heteroatoms. The zero-order valence-corrected chi connectivity index (χ0v) is 10.3. The van der Waals surface area contributed by atoms with Crippen molar-refractivity contribution in [1.82, 2.24) is 9.66 Å². The summed E-state index contributed by atoms with van der Waals surface area (Å²) in [5, 5.41) is 4.50. The number of nitrogens with zero attached hydrogens (tertiary/aromatic N) is 3. The first kappa shape index (κ1) is 10.9. The normalized spacial score (nSPS) is 13.3. The maximum Gasteiger partial charge on any atom is 0.160 e. The molecule has 90 valence electrons. The topological polar surface area (TPSA) is 47.2 Å². The highest BCUT2D eigenvalue weighted by Crippen LogP contribution is 2.21. The summed E-state index contributed by atoms with van der Waals surface area (Å²) in [5.41, 5.74) is 4.68. The van der Waals surface area contributed by atoms with Crippen LogP contribution in [0.4, 0.5) is 0 Å². The molecule has 1 aromatic carbocycles. The Morgan fingerprint density at radius 3 is 2.83 bits per heavy atom. The van der Waals surface area contributed by atoms with Crippen molar-refractivity contribution in [3.05, 3.63) is 53.1 Å². The molecule has 1 aromatic heterocycles. The zero-order valence-electron chi connectivity index (χ0n) is 10.3. The Balaban J connectivity index is 2.07. The Morgan fingerprint density at radius 2 is 2.11 bits per heavy atom. The highest BCUT2D eigenvalue weighted by molar-refractivity contribution is 6.11. The molecule has 1 aliphatic heterocycles. The quantitative estimate of drug-likeness (QED) is 0.754. The predicted molar refractivity (Wildman–Crippen MR) is 69.0 cm³/mol. The fourth-order valence-corrected chi connectivity index (χ4v) is 2.26. The van der Waals surface area contributed by atoms with Crippen LogP contribution in [0.2, 0.25) is 0 Å². The molecule has 0 amide bonds. The van der Waals surface area contributed by atoms with E-state index in [0.29, 0.717) is 0 Å². The number of hydrogen-bond donors (Lipinski definition) is 0. The van der Waals surface area contributed by atoms with E-state index >= 15 is 0 Å². The van der Waals surface area contributed by atoms with Gasteiger partial charge < -0.3 is 0 Å². The standard InChI is InChI=1S/C14H13N3O/c1-9-14-7-13(16-17(14)8-15-9)12-6-4-3-5-11(12)10(2)18/h3-6,8H,7H2,1-2H3. The lowest BCUT2D eigenvalue weighted by atomic mass is 9.98. The molecular weight excluding hydrogens is 226 g/mol. The second-order valence-electron chi connectivity index (χ2n) is 4.45. The number of fused-ring (bicyclic) bond motifs is 1. The van der Waals surface area contributed by atoms with Gasteiger partial charge in [-0.05, 0) is 13.8 Å². The second kappa shape index (κ2) is 3.91. The van der Waals surface area contributed by atoms with E-state index in [1.54, 1.807) is 17.9 Å². The fraction of sp³-hybridized carbons (Fsp3) is 0.214. The number of ketones is 1. The lowest BCUT2D eigenvalue weighted by molar-refractivity contribution is 0.101. The molecule has 0 radical (unpaired) electrons. The van der Waals surface area contributed by atoms with Gasteiger partial charge in [-0.3, -0.25) is 4.79 Å². The van der Waals surface area contributed by atoms with Crippen molar-refractivity contribution in [2.24, 2.45) is 5.10 Å². The van der Waals surface area contributed by atoms with Gasteiger partial charge in [0.2, 0.25) is 0 Å². The highest BCUT2D eigenvalue weighted by Gasteiger charge is 2.21. The number of aryl methyl sites for hydroxylation is 1. The molecule has 4 nitrogen and oxygen atoms in total. The van der Waals surface area contributed by atoms with E-state index in [4.69, 9.17) is 0 Å². The maximum atomic E-state index is 11.6. The van der Waals surface area contributed by atoms with Crippen LogP contribution in [0.15, 0.2) is 35.7 Å². The van der Waals surface area contributed by atoms with Crippen LogP contribution in [0.1, 0.15) is 34.2 Å². The summed E-state index contributed by atoms with van der Waals surface area (Å²) in [5.74, 6) is 0.0692. The van der Waals surface area contributed by atoms with Crippen molar-refractivity contribution in [3.8, 4) is 0 Å². The Kier molecular flexibility index (Phi) is 2.37. The van der Waals surface area contributed by atoms with E-state index in [0.717, 1.165) is 34.6 Å². The summed E-state index contributed by atoms with van der Waals surface area (Å²) in [7, 11) is 0. The van der Waals surface area contributed by atoms with Gasteiger partial charge in [0.25, 0.3) is 0 Å². The van der Waals surface area contributed by atoms with Crippen LogP contribution in [0.25, 0.3) is 0 Å². The first-order chi connectivity index (χ1) is 8.66. The van der Waals surface area contributed by atoms with Gasteiger partial charge in [0.1, 0.15) is 6.33 Å². The average molecular weight is 239 g/mol. The number of rotatable bonds is 2. The first-order valence-corrected chi connectivity index (χ1v) is 5.88. The molecule has 0 spiro atoms. The second-order valence-corrected chi connectivity index (χ2v) is 4.45. The van der Waals surface area contributed by atoms with Crippen LogP contribution in [-0.2, 0) is 6.42 Å². The van der Waals surface area contributed by atoms with Crippen molar-refractivity contribution < 1.29 is 4.79 Å². The fourth-order valence-electron chi connectivity index (χ4n) is 2.26. The number of carbonyl (C=O) groups is 1. The molecule has 0 saturated carbocycles. The minimum Gasteiger partial charge on any atom is -0.294 e. The maximum absolute atomic E-state index is 11.6. The molecule has 2 aromatic rings. The van der Waals surface area contributed by atoms with Crippen LogP contribution < -0.4 is 0 Å². The largest absolute Gasteiger partial charge is 0.294 e. The Labute approximate surface area is 105 Å². The van der Waals surface area contributed by atoms with Gasteiger partial charge in [0, 0.05) is 17.5 Å². The van der Waals surface area contributed by atoms with Crippen molar-refractivity contribution in [1.29, 1.82) is 0 Å². The summed E-state index contributed by atoms with van der Waals surface area (Å²) in [6.07, 6.45) is 2.45. The van der Waals surface area contributed by atoms with Gasteiger partial charge in [-0.2, -0.15) is 5.10 Å². The molecule has 18 heavy (non-hydrogen) atoms. The Bertz CT molecular complexity index is 667. The average Bonchev–Trinajstić information content (AvgIpc) is 2.92.